The van der Waals surface area contributed by atoms with E-state index in [1.54, 1.807) is 66.8 Å². The van der Waals surface area contributed by atoms with Gasteiger partial charge in [-0.25, -0.2) is 0 Å². The minimum atomic E-state index is -2.21. The van der Waals surface area contributed by atoms with Gasteiger partial charge in [-0.05, 0) is 0 Å². The van der Waals surface area contributed by atoms with Crippen LogP contribution in [0.4, 0.5) is 0 Å². The molecule has 0 bridgehead atoms. The van der Waals surface area contributed by atoms with Crippen LogP contribution in [0.2, 0.25) is 12.1 Å². The number of hydrogen-bond donors (Lipinski definition) is 0. The smallest absolute Gasteiger partial charge is 1.00 e. The summed E-state index contributed by atoms with van der Waals surface area (Å²) in [5.41, 5.74) is 19.5. The third kappa shape index (κ3) is 6.73. The van der Waals surface area contributed by atoms with Gasteiger partial charge in [0.15, 0.2) is 0 Å². The van der Waals surface area contributed by atoms with Crippen LogP contribution in [0.25, 0.3) is 11.1 Å². The molecule has 2 unspecified atom stereocenters. The minimum absolute atomic E-state index is 0. The Morgan fingerprint density at radius 3 is 1.29 bits per heavy atom. The van der Waals surface area contributed by atoms with E-state index in [1.165, 1.54) is 37.8 Å². The summed E-state index contributed by atoms with van der Waals surface area (Å²) in [4.78, 5) is 0. The number of rotatable bonds is 10. The number of fused-ring (bicyclic) bond motifs is 2. The zero-order valence-corrected chi connectivity index (χ0v) is 33.6. The zero-order valence-electron chi connectivity index (χ0n) is 28.6. The molecular formula is C38H56Cl2SiZr. The van der Waals surface area contributed by atoms with Gasteiger partial charge in [0.1, 0.15) is 0 Å². The molecule has 0 aromatic heterocycles. The van der Waals surface area contributed by atoms with E-state index in [-0.39, 0.29) is 24.8 Å². The summed E-state index contributed by atoms with van der Waals surface area (Å²) in [5, 5.41) is 0. The average molecular weight is 703 g/mol. The number of halogens is 2. The van der Waals surface area contributed by atoms with E-state index >= 15 is 0 Å². The number of benzene rings is 2. The van der Waals surface area contributed by atoms with Crippen LogP contribution >= 0.6 is 0 Å². The maximum Gasteiger partial charge on any atom is -1.00 e. The van der Waals surface area contributed by atoms with Crippen molar-refractivity contribution >= 4 is 16.6 Å². The summed E-state index contributed by atoms with van der Waals surface area (Å²) >= 11 is -2.21. The molecule has 2 aliphatic carbocycles. The Balaban J connectivity index is 0.00000308. The predicted octanol–water partition coefficient (Wildman–Crippen LogP) is 6.16. The summed E-state index contributed by atoms with van der Waals surface area (Å²) in [6.07, 6.45) is 5.55. The molecule has 42 heavy (non-hydrogen) atoms. The first-order valence-corrected chi connectivity index (χ1v) is 24.8. The van der Waals surface area contributed by atoms with Gasteiger partial charge in [0, 0.05) is 0 Å². The first-order valence-electron chi connectivity index (χ1n) is 16.3. The molecule has 0 saturated heterocycles. The van der Waals surface area contributed by atoms with E-state index in [0.717, 1.165) is 7.25 Å². The van der Waals surface area contributed by atoms with Crippen molar-refractivity contribution in [1.82, 2.24) is 0 Å². The van der Waals surface area contributed by atoms with E-state index in [1.807, 2.05) is 0 Å². The van der Waals surface area contributed by atoms with Gasteiger partial charge in [-0.3, -0.25) is 0 Å². The average Bonchev–Trinajstić information content (AvgIpc) is 3.32. The van der Waals surface area contributed by atoms with Crippen molar-refractivity contribution in [3.8, 4) is 0 Å². The molecule has 2 aromatic carbocycles. The quantitative estimate of drug-likeness (QED) is 0.260. The Hall–Kier alpha value is -0.400. The minimum Gasteiger partial charge on any atom is -1.00 e. The van der Waals surface area contributed by atoms with Gasteiger partial charge in [-0.15, -0.1) is 0 Å². The third-order valence-corrected chi connectivity index (χ3v) is 32.8. The molecule has 0 heterocycles. The maximum atomic E-state index is 2.56. The van der Waals surface area contributed by atoms with Crippen LogP contribution in [0.5, 0.6) is 0 Å². The Morgan fingerprint density at radius 2 is 0.976 bits per heavy atom. The van der Waals surface area contributed by atoms with Crippen molar-refractivity contribution in [2.45, 2.75) is 140 Å². The summed E-state index contributed by atoms with van der Waals surface area (Å²) in [6.45, 7) is 29.4. The van der Waals surface area contributed by atoms with Gasteiger partial charge >= 0.3 is 257 Å². The molecule has 0 aliphatic heterocycles. The van der Waals surface area contributed by atoms with Crippen LogP contribution in [0.3, 0.4) is 0 Å². The largest absolute Gasteiger partial charge is 1.00 e. The monoisotopic (exact) mass is 700 g/mol. The van der Waals surface area contributed by atoms with E-state index in [0.29, 0.717) is 11.8 Å². The molecule has 230 valence electrons. The van der Waals surface area contributed by atoms with Crippen LogP contribution in [-0.4, -0.2) is 5.43 Å². The van der Waals surface area contributed by atoms with Crippen molar-refractivity contribution < 1.29 is 45.2 Å². The van der Waals surface area contributed by atoms with Gasteiger partial charge in [0.2, 0.25) is 0 Å². The van der Waals surface area contributed by atoms with E-state index < -0.39 is 25.8 Å². The SMILES string of the molecule is CCCC[Si](CCCC)=[Zr+2]([CH]1C(C)=C(C)c2c(C(C)C)ccc(C)c21)[CH]1C(C)=C(C)c2c(C(C)C)ccc(C)c21.[Cl-].[Cl-]. The van der Waals surface area contributed by atoms with E-state index in [4.69, 9.17) is 0 Å². The molecule has 4 rings (SSSR count). The van der Waals surface area contributed by atoms with Gasteiger partial charge in [0.05, 0.1) is 0 Å². The van der Waals surface area contributed by atoms with Gasteiger partial charge in [-0.2, -0.15) is 0 Å². The summed E-state index contributed by atoms with van der Waals surface area (Å²) in [7, 11) is 0. The number of aryl methyl sites for hydroxylation is 2. The molecule has 2 aliphatic rings. The molecule has 2 atom stereocenters. The fourth-order valence-electron chi connectivity index (χ4n) is 7.83. The molecule has 4 heteroatoms. The Bertz CT molecular complexity index is 1290. The molecule has 0 amide bonds. The first-order chi connectivity index (χ1) is 19.0. The fraction of sp³-hybridized carbons (Fsp3) is 0.579. The third-order valence-electron chi connectivity index (χ3n) is 10.3. The standard InChI is InChI=1S/2C15H19.C8H18Si.2ClH.Zr/c2*1-9(2)13-7-6-10(3)14-8-11(4)12(5)15(13)14;1-3-5-7-9-8-6-4-2;;;/h2*6-9H,1-5H3;3-8H2,1-2H3;2*1H;/q;;;;;+2/p-2. The summed E-state index contributed by atoms with van der Waals surface area (Å²) in [6, 6.07) is 13.0. The molecule has 0 fully saturated rings. The summed E-state index contributed by atoms with van der Waals surface area (Å²) in [5.74, 6) is 1.14. The molecule has 2 aromatic rings. The summed E-state index contributed by atoms with van der Waals surface area (Å²) < 4.78 is 1.47. The van der Waals surface area contributed by atoms with E-state index in [9.17, 15) is 0 Å². The second kappa shape index (κ2) is 15.7. The molecule has 0 saturated carbocycles. The second-order valence-electron chi connectivity index (χ2n) is 13.6. The fourth-order valence-corrected chi connectivity index (χ4v) is 35.7. The van der Waals surface area contributed by atoms with Crippen LogP contribution in [0.1, 0.15) is 159 Å². The number of unbranched alkanes of at least 4 members (excludes halogenated alkanes) is 2. The van der Waals surface area contributed by atoms with Crippen molar-refractivity contribution in [2.75, 3.05) is 0 Å². The van der Waals surface area contributed by atoms with E-state index in [2.05, 4.69) is 107 Å². The van der Waals surface area contributed by atoms with Gasteiger partial charge in [-0.1, -0.05) is 0 Å². The molecular weight excluding hydrogens is 647 g/mol. The Morgan fingerprint density at radius 1 is 0.619 bits per heavy atom. The molecule has 0 nitrogen and oxygen atoms in total. The maximum absolute atomic E-state index is 2.56. The molecule has 0 spiro atoms. The van der Waals surface area contributed by atoms with Crippen molar-refractivity contribution in [3.63, 3.8) is 0 Å². The Kier molecular flexibility index (Phi) is 14.2. The van der Waals surface area contributed by atoms with Crippen LogP contribution in [0, 0.1) is 13.8 Å². The number of allylic oxidation sites excluding steroid dienone is 4. The second-order valence-corrected chi connectivity index (χ2v) is 29.5. The normalized spacial score (nSPS) is 17.3. The van der Waals surface area contributed by atoms with Crippen molar-refractivity contribution in [3.05, 3.63) is 79.9 Å². The van der Waals surface area contributed by atoms with Crippen LogP contribution in [0.15, 0.2) is 35.4 Å². The Labute approximate surface area is 279 Å². The van der Waals surface area contributed by atoms with Crippen molar-refractivity contribution in [2.24, 2.45) is 0 Å². The van der Waals surface area contributed by atoms with Crippen LogP contribution < -0.4 is 24.8 Å². The van der Waals surface area contributed by atoms with Crippen LogP contribution in [-0.2, 0) is 20.4 Å². The first kappa shape index (κ1) is 37.8. The predicted molar refractivity (Wildman–Crippen MR) is 178 cm³/mol. The van der Waals surface area contributed by atoms with Crippen molar-refractivity contribution in [1.29, 1.82) is 0 Å². The number of hydrogen-bond acceptors (Lipinski definition) is 0. The molecule has 0 N–H and O–H groups in total. The molecule has 0 radical (unpaired) electrons. The van der Waals surface area contributed by atoms with Gasteiger partial charge in [0.25, 0.3) is 0 Å². The zero-order chi connectivity index (χ0) is 29.5. The topological polar surface area (TPSA) is 0 Å². The van der Waals surface area contributed by atoms with Gasteiger partial charge < -0.3 is 24.8 Å².